The monoisotopic (exact) mass is 294 g/mol. The molecule has 2 atom stereocenters. The lowest BCUT2D eigenvalue weighted by Gasteiger charge is -2.30. The fraction of sp³-hybridized carbons (Fsp3) is 0.625. The quantitative estimate of drug-likeness (QED) is 0.831. The lowest BCUT2D eigenvalue weighted by atomic mass is 10.1. The Labute approximate surface area is 126 Å². The summed E-state index contributed by atoms with van der Waals surface area (Å²) in [7, 11) is 5.56. The van der Waals surface area contributed by atoms with Crippen LogP contribution in [0.15, 0.2) is 18.2 Å². The number of ether oxygens (including phenoxy) is 2. The summed E-state index contributed by atoms with van der Waals surface area (Å²) in [6.45, 7) is 2.58. The van der Waals surface area contributed by atoms with Crippen molar-refractivity contribution in [3.05, 3.63) is 23.8 Å². The van der Waals surface area contributed by atoms with Gasteiger partial charge < -0.3 is 24.8 Å². The van der Waals surface area contributed by atoms with Crippen molar-refractivity contribution in [2.45, 2.75) is 25.0 Å². The number of aliphatic hydroxyl groups is 1. The van der Waals surface area contributed by atoms with Gasteiger partial charge in [0.1, 0.15) is 6.10 Å². The molecule has 0 spiro atoms. The number of nitrogens with zero attached hydrogens (tertiary/aromatic N) is 1. The number of hydrogen-bond donors (Lipinski definition) is 2. The van der Waals surface area contributed by atoms with Gasteiger partial charge in [-0.2, -0.15) is 0 Å². The zero-order valence-corrected chi connectivity index (χ0v) is 13.1. The van der Waals surface area contributed by atoms with Crippen LogP contribution in [-0.2, 0) is 0 Å². The average Bonchev–Trinajstić information content (AvgIpc) is 2.48. The first kappa shape index (κ1) is 16.1. The maximum absolute atomic E-state index is 10.0. The third-order valence-corrected chi connectivity index (χ3v) is 3.84. The van der Waals surface area contributed by atoms with Crippen molar-refractivity contribution >= 4 is 0 Å². The zero-order chi connectivity index (χ0) is 15.2. The van der Waals surface area contributed by atoms with Gasteiger partial charge in [-0.15, -0.1) is 0 Å². The molecule has 1 aliphatic heterocycles. The molecule has 0 aromatic heterocycles. The van der Waals surface area contributed by atoms with Crippen LogP contribution in [0.3, 0.4) is 0 Å². The van der Waals surface area contributed by atoms with Crippen LogP contribution in [0.5, 0.6) is 11.5 Å². The smallest absolute Gasteiger partial charge is 0.161 e. The maximum Gasteiger partial charge on any atom is 0.161 e. The molecule has 5 nitrogen and oxygen atoms in total. The van der Waals surface area contributed by atoms with Crippen LogP contribution in [-0.4, -0.2) is 56.9 Å². The highest BCUT2D eigenvalue weighted by molar-refractivity contribution is 5.43. The molecule has 21 heavy (non-hydrogen) atoms. The summed E-state index contributed by atoms with van der Waals surface area (Å²) in [5, 5.41) is 13.0. The summed E-state index contributed by atoms with van der Waals surface area (Å²) in [5.41, 5.74) is 0.828. The summed E-state index contributed by atoms with van der Waals surface area (Å²) in [6.07, 6.45) is 1.88. The van der Waals surface area contributed by atoms with Gasteiger partial charge in [-0.1, -0.05) is 6.07 Å². The van der Waals surface area contributed by atoms with Crippen molar-refractivity contribution < 1.29 is 14.6 Å². The van der Waals surface area contributed by atoms with E-state index >= 15 is 0 Å². The SMILES string of the molecule is CNCC(O)c1ccc(OC2CCCN(C)C2)c(OC)c1. The molecule has 2 rings (SSSR count). The molecule has 0 amide bonds. The highest BCUT2D eigenvalue weighted by Crippen LogP contribution is 2.32. The normalized spacial score (nSPS) is 21.0. The van der Waals surface area contributed by atoms with E-state index in [4.69, 9.17) is 9.47 Å². The van der Waals surface area contributed by atoms with Crippen molar-refractivity contribution in [2.24, 2.45) is 0 Å². The molecule has 1 fully saturated rings. The molecule has 0 radical (unpaired) electrons. The number of methoxy groups -OCH3 is 1. The lowest BCUT2D eigenvalue weighted by Crippen LogP contribution is -2.38. The molecule has 1 aromatic rings. The van der Waals surface area contributed by atoms with E-state index in [1.807, 2.05) is 25.2 Å². The molecule has 1 heterocycles. The minimum Gasteiger partial charge on any atom is -0.493 e. The molecule has 2 N–H and O–H groups in total. The third kappa shape index (κ3) is 4.33. The van der Waals surface area contributed by atoms with Gasteiger partial charge in [-0.05, 0) is 51.2 Å². The van der Waals surface area contributed by atoms with Crippen LogP contribution in [0.2, 0.25) is 0 Å². The predicted molar refractivity (Wildman–Crippen MR) is 83.0 cm³/mol. The molecule has 1 aliphatic rings. The Hall–Kier alpha value is -1.30. The number of likely N-dealkylation sites (tertiary alicyclic amines) is 1. The van der Waals surface area contributed by atoms with Gasteiger partial charge in [0.25, 0.3) is 0 Å². The first-order chi connectivity index (χ1) is 10.1. The van der Waals surface area contributed by atoms with E-state index in [0.29, 0.717) is 12.3 Å². The first-order valence-electron chi connectivity index (χ1n) is 7.50. The lowest BCUT2D eigenvalue weighted by molar-refractivity contribution is 0.101. The molecule has 2 unspecified atom stereocenters. The fourth-order valence-electron chi connectivity index (χ4n) is 2.69. The predicted octanol–water partition coefficient (Wildman–Crippen LogP) is 1.42. The minimum atomic E-state index is -0.543. The van der Waals surface area contributed by atoms with Gasteiger partial charge in [0.15, 0.2) is 11.5 Å². The average molecular weight is 294 g/mol. The van der Waals surface area contributed by atoms with E-state index < -0.39 is 6.10 Å². The van der Waals surface area contributed by atoms with Crippen LogP contribution in [0.25, 0.3) is 0 Å². The summed E-state index contributed by atoms with van der Waals surface area (Å²) in [5.74, 6) is 1.43. The van der Waals surface area contributed by atoms with Gasteiger partial charge in [0.05, 0.1) is 13.2 Å². The van der Waals surface area contributed by atoms with E-state index in [1.54, 1.807) is 7.11 Å². The maximum atomic E-state index is 10.0. The van der Waals surface area contributed by atoms with Gasteiger partial charge in [0, 0.05) is 13.1 Å². The highest BCUT2D eigenvalue weighted by atomic mass is 16.5. The number of nitrogens with one attached hydrogen (secondary N) is 1. The Bertz CT molecular complexity index is 453. The molecular weight excluding hydrogens is 268 g/mol. The molecule has 1 saturated heterocycles. The van der Waals surface area contributed by atoms with Crippen molar-refractivity contribution in [1.82, 2.24) is 10.2 Å². The number of piperidine rings is 1. The largest absolute Gasteiger partial charge is 0.493 e. The minimum absolute atomic E-state index is 0.200. The summed E-state index contributed by atoms with van der Waals surface area (Å²) < 4.78 is 11.5. The van der Waals surface area contributed by atoms with Crippen LogP contribution < -0.4 is 14.8 Å². The molecule has 118 valence electrons. The Morgan fingerprint density at radius 3 is 2.90 bits per heavy atom. The van der Waals surface area contributed by atoms with E-state index in [-0.39, 0.29) is 6.10 Å². The second-order valence-electron chi connectivity index (χ2n) is 5.63. The molecule has 0 saturated carbocycles. The van der Waals surface area contributed by atoms with Crippen LogP contribution in [0.4, 0.5) is 0 Å². The highest BCUT2D eigenvalue weighted by Gasteiger charge is 2.20. The topological polar surface area (TPSA) is 54.0 Å². The number of aliphatic hydroxyl groups excluding tert-OH is 1. The Kier molecular flexibility index (Phi) is 5.85. The zero-order valence-electron chi connectivity index (χ0n) is 13.1. The van der Waals surface area contributed by atoms with Crippen molar-refractivity contribution in [1.29, 1.82) is 0 Å². The first-order valence-corrected chi connectivity index (χ1v) is 7.50. The number of likely N-dealkylation sites (N-methyl/N-ethyl adjacent to an activating group) is 2. The van der Waals surface area contributed by atoms with Crippen LogP contribution in [0, 0.1) is 0 Å². The van der Waals surface area contributed by atoms with Crippen molar-refractivity contribution in [3.63, 3.8) is 0 Å². The van der Waals surface area contributed by atoms with Crippen molar-refractivity contribution in [3.8, 4) is 11.5 Å². The Morgan fingerprint density at radius 1 is 1.43 bits per heavy atom. The molecule has 1 aromatic carbocycles. The molecule has 0 aliphatic carbocycles. The van der Waals surface area contributed by atoms with E-state index in [9.17, 15) is 5.11 Å². The van der Waals surface area contributed by atoms with E-state index in [2.05, 4.69) is 17.3 Å². The standard InChI is InChI=1S/C16H26N2O3/c1-17-10-14(19)12-6-7-15(16(9-12)20-3)21-13-5-4-8-18(2)11-13/h6-7,9,13-14,17,19H,4-5,8,10-11H2,1-3H3. The Morgan fingerprint density at radius 2 is 2.24 bits per heavy atom. The molecule has 5 heteroatoms. The number of benzene rings is 1. The van der Waals surface area contributed by atoms with Gasteiger partial charge >= 0.3 is 0 Å². The third-order valence-electron chi connectivity index (χ3n) is 3.84. The summed E-state index contributed by atoms with van der Waals surface area (Å²) in [6, 6.07) is 5.64. The second-order valence-corrected chi connectivity index (χ2v) is 5.63. The summed E-state index contributed by atoms with van der Waals surface area (Å²) >= 11 is 0. The van der Waals surface area contributed by atoms with Gasteiger partial charge in [0.2, 0.25) is 0 Å². The molecule has 0 bridgehead atoms. The molecular formula is C16H26N2O3. The summed E-state index contributed by atoms with van der Waals surface area (Å²) in [4.78, 5) is 2.28. The van der Waals surface area contributed by atoms with Crippen molar-refractivity contribution in [2.75, 3.05) is 40.8 Å². The second kappa shape index (κ2) is 7.64. The van der Waals surface area contributed by atoms with E-state index in [1.165, 1.54) is 0 Å². The van der Waals surface area contributed by atoms with Crippen LogP contribution >= 0.6 is 0 Å². The van der Waals surface area contributed by atoms with Crippen LogP contribution in [0.1, 0.15) is 24.5 Å². The van der Waals surface area contributed by atoms with Gasteiger partial charge in [-0.3, -0.25) is 0 Å². The fourth-order valence-corrected chi connectivity index (χ4v) is 2.69. The number of hydrogen-bond acceptors (Lipinski definition) is 5. The Balaban J connectivity index is 2.08. The number of rotatable bonds is 6. The van der Waals surface area contributed by atoms with E-state index in [0.717, 1.165) is 37.2 Å². The van der Waals surface area contributed by atoms with Gasteiger partial charge in [-0.25, -0.2) is 0 Å².